The average Bonchev–Trinajstić information content (AvgIpc) is 0.747. The molecular formula is C60H84N4O22S4. The molecule has 4 heterocycles. The Morgan fingerprint density at radius 1 is 0.889 bits per heavy atom. The van der Waals surface area contributed by atoms with E-state index in [0.717, 1.165) is 7.11 Å². The maximum Gasteiger partial charge on any atom is 0.407 e. The third-order valence-corrected chi connectivity index (χ3v) is 21.1. The van der Waals surface area contributed by atoms with E-state index in [9.17, 15) is 34.8 Å². The van der Waals surface area contributed by atoms with Crippen LogP contribution in [-0.4, -0.2) is 232 Å². The van der Waals surface area contributed by atoms with Gasteiger partial charge in [0, 0.05) is 69.2 Å². The van der Waals surface area contributed by atoms with E-state index in [1.807, 2.05) is 33.3 Å². The number of carbonyl (C=O) groups excluding carboxylic acids is 4. The van der Waals surface area contributed by atoms with E-state index in [1.165, 1.54) is 95.7 Å². The predicted octanol–water partition coefficient (Wildman–Crippen LogP) is 3.54. The lowest BCUT2D eigenvalue weighted by molar-refractivity contribution is -0.342. The highest BCUT2D eigenvalue weighted by Crippen LogP contribution is 2.45. The number of aliphatic hydroxyl groups excluding tert-OH is 3. The molecule has 2 amide bonds. The number of amides is 2. The van der Waals surface area contributed by atoms with Gasteiger partial charge in [-0.25, -0.2) is 9.59 Å². The number of hydrogen-bond acceptors (Lipinski definition) is 28. The van der Waals surface area contributed by atoms with E-state index in [0.29, 0.717) is 13.0 Å². The van der Waals surface area contributed by atoms with Crippen molar-refractivity contribution in [2.24, 2.45) is 5.92 Å². The number of fused-ring (bicyclic) bond motifs is 2. The fraction of sp³-hybridized carbons (Fsp3) is 0.667. The number of ether oxygens (including phenoxy) is 13. The van der Waals surface area contributed by atoms with Gasteiger partial charge in [-0.1, -0.05) is 71.8 Å². The topological polar surface area (TPSA) is 327 Å². The first-order valence-electron chi connectivity index (χ1n) is 29.1. The van der Waals surface area contributed by atoms with Crippen molar-refractivity contribution >= 4 is 72.6 Å². The molecule has 7 rings (SSSR count). The number of alkyl carbamates (subject to hydrolysis) is 1. The molecule has 1 aromatic carbocycles. The third-order valence-electron chi connectivity index (χ3n) is 16.1. The minimum Gasteiger partial charge on any atom is -0.493 e. The number of carbonyl (C=O) groups is 4. The van der Waals surface area contributed by atoms with Gasteiger partial charge in [-0.3, -0.25) is 14.4 Å². The lowest BCUT2D eigenvalue weighted by Gasteiger charge is -2.50. The quantitative estimate of drug-likeness (QED) is 0.00961. The van der Waals surface area contributed by atoms with Crippen molar-refractivity contribution in [2.45, 2.75) is 181 Å². The number of nitrogens with one attached hydrogen (secondary N) is 4. The Bertz CT molecular complexity index is 2840. The highest BCUT2D eigenvalue weighted by molar-refractivity contribution is 9.09. The maximum absolute atomic E-state index is 15.7. The van der Waals surface area contributed by atoms with Gasteiger partial charge in [-0.2, -0.15) is 17.2 Å². The number of esters is 1. The number of hydrogen-bond donors (Lipinski definition) is 8. The SMILES string of the molecule is C=C(OC)C(=O)Nc1cc(OC)c(OC)cc1C(=O)OC1CC(O[C@@H]2C(=O)C(NC(=O)OC)C3/C(=C\CSSSC)[C@]2(O)C#C/C=C\C#C[C@@H]3OC2OC(C)C(NOC3CC(O)C(SC)C(C)O3)C(O)C2OC2CC(CNC(C)C)(OC)CCO2)OC(C)C1O. The van der Waals surface area contributed by atoms with Gasteiger partial charge in [0.25, 0.3) is 5.91 Å². The van der Waals surface area contributed by atoms with E-state index in [4.69, 9.17) is 66.4 Å². The molecule has 500 valence electrons. The Kier molecular flexibility index (Phi) is 27.3. The first kappa shape index (κ1) is 73.1. The van der Waals surface area contributed by atoms with E-state index in [2.05, 4.69) is 51.7 Å². The van der Waals surface area contributed by atoms with Gasteiger partial charge < -0.3 is 98.0 Å². The monoisotopic (exact) mass is 1340 g/mol. The summed E-state index contributed by atoms with van der Waals surface area (Å²) in [6, 6.07) is -0.0529. The Labute approximate surface area is 540 Å². The normalized spacial score (nSPS) is 35.8. The number of hydroxylamine groups is 1. The van der Waals surface area contributed by atoms with Gasteiger partial charge in [-0.15, -0.1) is 0 Å². The van der Waals surface area contributed by atoms with Crippen LogP contribution in [0.3, 0.4) is 0 Å². The number of thioether (sulfide) groups is 1. The molecule has 90 heavy (non-hydrogen) atoms. The molecular weight excluding hydrogens is 1260 g/mol. The molecule has 26 nitrogen and oxygen atoms in total. The van der Waals surface area contributed by atoms with Crippen molar-refractivity contribution < 1.29 is 106 Å². The summed E-state index contributed by atoms with van der Waals surface area (Å²) in [5.41, 5.74) is -0.761. The second-order valence-corrected chi connectivity index (χ2v) is 27.6. The number of methoxy groups -OCH3 is 5. The number of Topliss-reactive ketones (excluding diaryl/α,β-unsaturated/α-hetero) is 1. The smallest absolute Gasteiger partial charge is 0.407 e. The average molecular weight is 1340 g/mol. The number of aliphatic hydroxyl groups is 4. The summed E-state index contributed by atoms with van der Waals surface area (Å²) in [5, 5.41) is 57.1. The molecule has 4 saturated heterocycles. The lowest BCUT2D eigenvalue weighted by atomic mass is 9.66. The molecule has 4 aliphatic heterocycles. The van der Waals surface area contributed by atoms with Gasteiger partial charge in [0.15, 0.2) is 59.9 Å². The van der Waals surface area contributed by atoms with E-state index in [1.54, 1.807) is 20.1 Å². The number of benzene rings is 1. The molecule has 17 unspecified atom stereocenters. The maximum atomic E-state index is 15.7. The zero-order chi connectivity index (χ0) is 65.6. The van der Waals surface area contributed by atoms with Crippen LogP contribution >= 0.6 is 43.2 Å². The molecule has 6 aliphatic rings. The van der Waals surface area contributed by atoms with Gasteiger partial charge in [0.1, 0.15) is 36.6 Å². The van der Waals surface area contributed by atoms with Crippen molar-refractivity contribution in [3.05, 3.63) is 53.8 Å². The summed E-state index contributed by atoms with van der Waals surface area (Å²) < 4.78 is 78.5. The summed E-state index contributed by atoms with van der Waals surface area (Å²) in [6.45, 7) is 13.2. The van der Waals surface area contributed by atoms with Crippen LogP contribution in [0.5, 0.6) is 11.5 Å². The number of rotatable bonds is 26. The number of anilines is 1. The van der Waals surface area contributed by atoms with E-state index >= 15 is 4.79 Å². The molecule has 0 radical (unpaired) electrons. The van der Waals surface area contributed by atoms with Crippen molar-refractivity contribution in [2.75, 3.05) is 72.3 Å². The lowest BCUT2D eigenvalue weighted by Crippen LogP contribution is -2.68. The van der Waals surface area contributed by atoms with Crippen molar-refractivity contribution in [3.8, 4) is 35.2 Å². The Hall–Kier alpha value is -4.36. The summed E-state index contributed by atoms with van der Waals surface area (Å²) in [4.78, 5) is 62.7. The Morgan fingerprint density at radius 3 is 2.28 bits per heavy atom. The Balaban J connectivity index is 1.25. The zero-order valence-electron chi connectivity index (χ0n) is 52.3. The second kappa shape index (κ2) is 33.7. The van der Waals surface area contributed by atoms with Crippen LogP contribution in [0.4, 0.5) is 10.5 Å². The van der Waals surface area contributed by atoms with Crippen LogP contribution in [-0.2, 0) is 66.5 Å². The predicted molar refractivity (Wildman–Crippen MR) is 335 cm³/mol. The molecule has 8 N–H and O–H groups in total. The Morgan fingerprint density at radius 2 is 1.61 bits per heavy atom. The minimum absolute atomic E-state index is 0.00330. The van der Waals surface area contributed by atoms with Gasteiger partial charge in [0.2, 0.25) is 0 Å². The highest BCUT2D eigenvalue weighted by Gasteiger charge is 2.61. The standard InChI is InChI=1S/C60H84N4O22S4/c1-30(2)61-29-59(77-11)21-22-78-45(28-59)84-52-50(67)47(64-86-44-26-38(65)53(87-12)33(5)80-44)31(3)81-57(52)83-39-18-16-14-15-17-20-60(72)36(19-23-89-90-88-13)46(39)48(63-58(71)76-10)51(68)54(60)85-43-27-42(49(66)32(4)79-43)82-56(70)35-24-40(74-8)41(75-9)25-37(35)62-55(69)34(6)73-7/h14-15,19,24-25,30-33,38-39,42-50,52-54,57,61,64-67,72H,6,21-23,26-29H2,1-5,7-13H3,(H,62,69)(H,63,71)/b15-14-,36-19+/t31?,32?,33?,38?,39-,42?,43?,44?,45?,46?,47?,48?,49?,50?,52?,53?,54+,57?,59?,60+/m0/s1. The van der Waals surface area contributed by atoms with Crippen LogP contribution in [0.15, 0.2) is 48.3 Å². The van der Waals surface area contributed by atoms with E-state index in [-0.39, 0.29) is 76.7 Å². The van der Waals surface area contributed by atoms with Crippen LogP contribution < -0.4 is 30.9 Å². The van der Waals surface area contributed by atoms with Crippen LogP contribution in [0.1, 0.15) is 70.7 Å². The van der Waals surface area contributed by atoms with Gasteiger partial charge >= 0.3 is 12.1 Å². The van der Waals surface area contributed by atoms with E-state index < -0.39 is 139 Å². The summed E-state index contributed by atoms with van der Waals surface area (Å²) >= 11 is 1.48. The fourth-order valence-corrected chi connectivity index (χ4v) is 14.6. The second-order valence-electron chi connectivity index (χ2n) is 22.2. The zero-order valence-corrected chi connectivity index (χ0v) is 55.5. The molecule has 2 aliphatic carbocycles. The third kappa shape index (κ3) is 17.7. The minimum atomic E-state index is -2.60. The largest absolute Gasteiger partial charge is 0.493 e. The molecule has 5 fully saturated rings. The van der Waals surface area contributed by atoms with Crippen molar-refractivity contribution in [1.82, 2.24) is 16.1 Å². The van der Waals surface area contributed by atoms with Gasteiger partial charge in [-0.05, 0) is 60.8 Å². The first-order valence-corrected chi connectivity index (χ1v) is 34.5. The molecule has 20 atom stereocenters. The molecule has 1 aromatic rings. The fourth-order valence-electron chi connectivity index (χ4n) is 11.3. The summed E-state index contributed by atoms with van der Waals surface area (Å²) in [6.07, 6.45) is -10.3. The van der Waals surface area contributed by atoms with Crippen LogP contribution in [0.2, 0.25) is 0 Å². The molecule has 1 saturated carbocycles. The molecule has 2 bridgehead atoms. The molecule has 0 spiro atoms. The molecule has 0 aromatic heterocycles. The van der Waals surface area contributed by atoms with Crippen LogP contribution in [0, 0.1) is 29.6 Å². The van der Waals surface area contributed by atoms with Crippen LogP contribution in [0.25, 0.3) is 0 Å². The highest BCUT2D eigenvalue weighted by atomic mass is 33.5. The molecule has 30 heteroatoms. The van der Waals surface area contributed by atoms with Crippen molar-refractivity contribution in [3.63, 3.8) is 0 Å². The van der Waals surface area contributed by atoms with Gasteiger partial charge in [0.05, 0.1) is 87.6 Å². The van der Waals surface area contributed by atoms with Crippen molar-refractivity contribution in [1.29, 1.82) is 0 Å². The summed E-state index contributed by atoms with van der Waals surface area (Å²) in [5.74, 6) is 7.50. The summed E-state index contributed by atoms with van der Waals surface area (Å²) in [7, 11) is 10.9. The number of allylic oxidation sites excluding steroid dienone is 2. The first-order chi connectivity index (χ1) is 43.0. The number of ketones is 1.